The Labute approximate surface area is 338 Å². The molecule has 0 amide bonds. The van der Waals surface area contributed by atoms with Crippen LogP contribution >= 0.6 is 0 Å². The van der Waals surface area contributed by atoms with Gasteiger partial charge in [-0.2, -0.15) is 0 Å². The fraction of sp³-hybridized carbons (Fsp3) is 1.00. The molecule has 0 heteroatoms. The van der Waals surface area contributed by atoms with Crippen molar-refractivity contribution < 1.29 is 0 Å². The van der Waals surface area contributed by atoms with Gasteiger partial charge in [-0.05, 0) is 0 Å². The lowest BCUT2D eigenvalue weighted by Crippen LogP contribution is -1.85. The van der Waals surface area contributed by atoms with E-state index in [0.29, 0.717) is 0 Å². The first-order valence-electron chi connectivity index (χ1n) is 23.4. The zero-order valence-corrected chi connectivity index (χ0v) is 33.8. The maximum absolute atomic E-state index is 2.12. The minimum Gasteiger partial charge on any atom is -0.0776 e. The van der Waals surface area contributed by atoms with E-state index in [2.05, 4.69) is 13.8 Å². The van der Waals surface area contributed by atoms with Crippen LogP contribution in [-0.4, -0.2) is 0 Å². The summed E-state index contributed by atoms with van der Waals surface area (Å²) in [7, 11) is 0. The highest BCUT2D eigenvalue weighted by molar-refractivity contribution is 4.54. The van der Waals surface area contributed by atoms with E-state index in [9.17, 15) is 0 Å². The van der Waals surface area contributed by atoms with Crippen LogP contribution in [0.2, 0.25) is 0 Å². The molecule has 11 fully saturated rings. The van der Waals surface area contributed by atoms with Crippen molar-refractivity contribution in [3.05, 3.63) is 0 Å². The van der Waals surface area contributed by atoms with Gasteiger partial charge in [-0.25, -0.2) is 0 Å². The largest absolute Gasteiger partial charge is 0.0776 e. The summed E-state index contributed by atoms with van der Waals surface area (Å²) in [5.41, 5.74) is 0. The van der Waals surface area contributed by atoms with Gasteiger partial charge in [-0.15, -0.1) is 0 Å². The zero-order chi connectivity index (χ0) is 33.8. The molecule has 0 saturated heterocycles. The molecule has 0 nitrogen and oxygen atoms in total. The van der Waals surface area contributed by atoms with Crippen LogP contribution in [0.3, 0.4) is 0 Å². The van der Waals surface area contributed by atoms with Crippen LogP contribution in [0.4, 0.5) is 0 Å². The molecular weight excluding hydrogens is 625 g/mol. The summed E-state index contributed by atoms with van der Waals surface area (Å²) in [6.07, 6.45) is 67.2. The molecule has 11 rings (SSSR count). The number of rotatable bonds is 0. The van der Waals surface area contributed by atoms with Gasteiger partial charge in [0.2, 0.25) is 0 Å². The second-order valence-corrected chi connectivity index (χ2v) is 16.3. The molecule has 11 aliphatic rings. The average Bonchev–Trinajstić information content (AvgIpc) is 2.51. The van der Waals surface area contributed by atoms with Crippen LogP contribution < -0.4 is 0 Å². The standard InChI is InChI=1S/11C4H8.C3H8.5CH4/c11*1-2-4-3-1;1-3-2;;;;;/h11*1-4H2;3H2,1-2H3;5*1H4. The monoisotopic (exact) mass is 741 g/mol. The fourth-order valence-corrected chi connectivity index (χ4v) is 2.75. The second kappa shape index (κ2) is 63.0. The van der Waals surface area contributed by atoms with Crippen molar-refractivity contribution in [3.63, 3.8) is 0 Å². The van der Waals surface area contributed by atoms with Crippen molar-refractivity contribution in [1.29, 1.82) is 0 Å². The molecule has 0 unspecified atom stereocenters. The Bertz CT molecular complexity index is 254. The molecular formula is C52H116. The van der Waals surface area contributed by atoms with E-state index in [1.165, 1.54) is 289 Å². The van der Waals surface area contributed by atoms with Gasteiger partial charge in [-0.1, -0.05) is 340 Å². The van der Waals surface area contributed by atoms with E-state index >= 15 is 0 Å². The predicted molar refractivity (Wildman–Crippen MR) is 253 cm³/mol. The Morgan fingerprint density at radius 1 is 0.135 bits per heavy atom. The topological polar surface area (TPSA) is 0 Å². The molecule has 11 aliphatic carbocycles. The smallest absolute Gasteiger partial charge is 0.0533 e. The Balaban J connectivity index is -0.000000110. The minimum atomic E-state index is 0. The Morgan fingerprint density at radius 2 is 0.154 bits per heavy atom. The second-order valence-electron chi connectivity index (χ2n) is 16.3. The normalized spacial score (nSPS) is 20.7. The molecule has 0 aromatic carbocycles. The number of hydrogen-bond donors (Lipinski definition) is 0. The van der Waals surface area contributed by atoms with E-state index in [1.54, 1.807) is 0 Å². The first-order valence-corrected chi connectivity index (χ1v) is 23.4. The van der Waals surface area contributed by atoms with E-state index in [4.69, 9.17) is 0 Å². The Kier molecular flexibility index (Phi) is 77.4. The Morgan fingerprint density at radius 3 is 0.154 bits per heavy atom. The van der Waals surface area contributed by atoms with Gasteiger partial charge >= 0.3 is 0 Å². The van der Waals surface area contributed by atoms with Crippen LogP contribution in [0.5, 0.6) is 0 Å². The van der Waals surface area contributed by atoms with Gasteiger partial charge in [0.05, 0.1) is 0 Å². The Hall–Kier alpha value is 0. The van der Waals surface area contributed by atoms with Gasteiger partial charge in [0, 0.05) is 0 Å². The van der Waals surface area contributed by atoms with Crippen LogP contribution in [-0.2, 0) is 0 Å². The summed E-state index contributed by atoms with van der Waals surface area (Å²) in [6, 6.07) is 0. The van der Waals surface area contributed by atoms with Gasteiger partial charge < -0.3 is 0 Å². The zero-order valence-electron chi connectivity index (χ0n) is 33.8. The summed E-state index contributed by atoms with van der Waals surface area (Å²) < 4.78 is 0. The molecule has 0 heterocycles. The third-order valence-electron chi connectivity index (χ3n) is 11.0. The summed E-state index contributed by atoms with van der Waals surface area (Å²) in [5, 5.41) is 0. The van der Waals surface area contributed by atoms with Crippen LogP contribution in [0, 0.1) is 0 Å². The van der Waals surface area contributed by atoms with E-state index < -0.39 is 0 Å². The van der Waals surface area contributed by atoms with Crippen molar-refractivity contribution in [3.8, 4) is 0 Å². The molecule has 0 aliphatic heterocycles. The summed E-state index contributed by atoms with van der Waals surface area (Å²) in [4.78, 5) is 0. The molecule has 0 atom stereocenters. The molecule has 0 bridgehead atoms. The molecule has 0 N–H and O–H groups in total. The van der Waals surface area contributed by atoms with E-state index in [-0.39, 0.29) is 37.1 Å². The molecule has 52 heavy (non-hydrogen) atoms. The lowest BCUT2D eigenvalue weighted by molar-refractivity contribution is 0.504. The highest BCUT2D eigenvalue weighted by Gasteiger charge is 1.99. The van der Waals surface area contributed by atoms with Gasteiger partial charge in [0.1, 0.15) is 0 Å². The third kappa shape index (κ3) is 62.0. The maximum Gasteiger partial charge on any atom is -0.0533 e. The van der Waals surface area contributed by atoms with Crippen molar-refractivity contribution >= 4 is 0 Å². The highest BCUT2D eigenvalue weighted by Crippen LogP contribution is 2.19. The first-order chi connectivity index (χ1) is 23.4. The SMILES string of the molecule is C.C.C.C.C.C1CCC1.C1CCC1.C1CCC1.C1CCC1.C1CCC1.C1CCC1.C1CCC1.C1CCC1.C1CCC1.C1CCC1.C1CCC1.CCC. The number of hydrogen-bond acceptors (Lipinski definition) is 0. The van der Waals surface area contributed by atoms with Crippen molar-refractivity contribution in [2.45, 2.75) is 340 Å². The van der Waals surface area contributed by atoms with Crippen LogP contribution in [0.15, 0.2) is 0 Å². The van der Waals surface area contributed by atoms with E-state index in [0.717, 1.165) is 0 Å². The molecule has 0 aromatic heterocycles. The quantitative estimate of drug-likeness (QED) is 0.232. The highest BCUT2D eigenvalue weighted by atomic mass is 14.1. The predicted octanol–water partition coefficient (Wildman–Crippen LogP) is 21.8. The van der Waals surface area contributed by atoms with Gasteiger partial charge in [-0.3, -0.25) is 0 Å². The molecule has 0 spiro atoms. The van der Waals surface area contributed by atoms with Crippen molar-refractivity contribution in [1.82, 2.24) is 0 Å². The lowest BCUT2D eigenvalue weighted by Gasteiger charge is -2.05. The molecule has 324 valence electrons. The van der Waals surface area contributed by atoms with Crippen molar-refractivity contribution in [2.75, 3.05) is 0 Å². The summed E-state index contributed by atoms with van der Waals surface area (Å²) in [5.74, 6) is 0. The van der Waals surface area contributed by atoms with Gasteiger partial charge in [0.25, 0.3) is 0 Å². The summed E-state index contributed by atoms with van der Waals surface area (Å²) in [6.45, 7) is 4.25. The minimum absolute atomic E-state index is 0. The van der Waals surface area contributed by atoms with E-state index in [1.807, 2.05) is 0 Å². The summed E-state index contributed by atoms with van der Waals surface area (Å²) >= 11 is 0. The fourth-order valence-electron chi connectivity index (χ4n) is 2.75. The average molecular weight is 741 g/mol. The molecule has 11 saturated carbocycles. The van der Waals surface area contributed by atoms with Gasteiger partial charge in [0.15, 0.2) is 0 Å². The first kappa shape index (κ1) is 63.9. The maximum atomic E-state index is 2.12. The van der Waals surface area contributed by atoms with Crippen LogP contribution in [0.1, 0.15) is 340 Å². The van der Waals surface area contributed by atoms with Crippen LogP contribution in [0.25, 0.3) is 0 Å². The lowest BCUT2D eigenvalue weighted by atomic mass is 10.0. The third-order valence-corrected chi connectivity index (χ3v) is 11.0. The van der Waals surface area contributed by atoms with Crippen molar-refractivity contribution in [2.24, 2.45) is 0 Å². The molecule has 0 radical (unpaired) electrons. The molecule has 0 aromatic rings.